The molecule has 0 aliphatic heterocycles. The van der Waals surface area contributed by atoms with Gasteiger partial charge in [0.2, 0.25) is 5.91 Å². The number of aromatic nitrogens is 2. The van der Waals surface area contributed by atoms with Crippen molar-refractivity contribution in [1.29, 1.82) is 0 Å². The molecule has 0 bridgehead atoms. The van der Waals surface area contributed by atoms with Crippen LogP contribution in [0.2, 0.25) is 0 Å². The Labute approximate surface area is 200 Å². The first-order valence-corrected chi connectivity index (χ1v) is 11.3. The number of methoxy groups -OCH3 is 2. The van der Waals surface area contributed by atoms with Gasteiger partial charge in [-0.3, -0.25) is 4.79 Å². The van der Waals surface area contributed by atoms with Crippen molar-refractivity contribution in [3.05, 3.63) is 96.2 Å². The van der Waals surface area contributed by atoms with Crippen molar-refractivity contribution in [2.75, 3.05) is 14.2 Å². The molecule has 4 aromatic rings. The molecule has 0 fully saturated rings. The van der Waals surface area contributed by atoms with Crippen molar-refractivity contribution in [2.45, 2.75) is 25.8 Å². The number of rotatable bonds is 9. The van der Waals surface area contributed by atoms with Crippen LogP contribution in [0.1, 0.15) is 30.5 Å². The fraction of sp³-hybridized carbons (Fsp3) is 0.214. The van der Waals surface area contributed by atoms with Gasteiger partial charge >= 0.3 is 0 Å². The van der Waals surface area contributed by atoms with E-state index in [9.17, 15) is 4.79 Å². The Bertz CT molecular complexity index is 1240. The first kappa shape index (κ1) is 23.1. The van der Waals surface area contributed by atoms with Crippen molar-refractivity contribution in [3.8, 4) is 28.4 Å². The van der Waals surface area contributed by atoms with Crippen LogP contribution in [0.15, 0.2) is 85.1 Å². The summed E-state index contributed by atoms with van der Waals surface area (Å²) in [4.78, 5) is 12.8. The number of benzene rings is 3. The molecule has 1 aromatic heterocycles. The lowest BCUT2D eigenvalue weighted by Gasteiger charge is -2.14. The van der Waals surface area contributed by atoms with Crippen LogP contribution in [0.4, 0.5) is 0 Å². The number of carbonyl (C=O) groups is 1. The molecular formula is C28H29N3O3. The summed E-state index contributed by atoms with van der Waals surface area (Å²) in [5.74, 6) is 1.40. The van der Waals surface area contributed by atoms with Gasteiger partial charge in [0.05, 0.1) is 31.6 Å². The normalized spacial score (nSPS) is 11.6. The summed E-state index contributed by atoms with van der Waals surface area (Å²) in [5, 5.41) is 7.96. The average molecular weight is 456 g/mol. The SMILES string of the molecule is COc1ccc(OC)c(-c2nn(-c3ccccc3)cc2CCC(=O)N[C@H](C)c2ccccc2)c1. The number of nitrogens with one attached hydrogen (secondary N) is 1. The second-order valence-electron chi connectivity index (χ2n) is 8.05. The fourth-order valence-corrected chi connectivity index (χ4v) is 3.92. The summed E-state index contributed by atoms with van der Waals surface area (Å²) in [6.45, 7) is 1.99. The highest BCUT2D eigenvalue weighted by atomic mass is 16.5. The number of hydrogen-bond acceptors (Lipinski definition) is 4. The molecule has 4 rings (SSSR count). The molecule has 174 valence electrons. The van der Waals surface area contributed by atoms with Crippen LogP contribution in [0.3, 0.4) is 0 Å². The van der Waals surface area contributed by atoms with Crippen LogP contribution in [-0.4, -0.2) is 29.9 Å². The third-order valence-electron chi connectivity index (χ3n) is 5.77. The molecule has 6 heteroatoms. The maximum Gasteiger partial charge on any atom is 0.220 e. The van der Waals surface area contributed by atoms with Crippen LogP contribution < -0.4 is 14.8 Å². The molecule has 0 aliphatic rings. The number of hydrogen-bond donors (Lipinski definition) is 1. The maximum atomic E-state index is 12.8. The Morgan fingerprint density at radius 3 is 2.35 bits per heavy atom. The topological polar surface area (TPSA) is 65.4 Å². The third kappa shape index (κ3) is 5.29. The standard InChI is InChI=1S/C28H29N3O3/c1-20(21-10-6-4-7-11-21)29-27(32)17-14-22-19-31(23-12-8-5-9-13-23)30-28(22)25-18-24(33-2)15-16-26(25)34-3/h4-13,15-16,18-20H,14,17H2,1-3H3,(H,29,32)/t20-/m1/s1. The summed E-state index contributed by atoms with van der Waals surface area (Å²) >= 11 is 0. The lowest BCUT2D eigenvalue weighted by Crippen LogP contribution is -2.26. The molecule has 1 heterocycles. The minimum absolute atomic E-state index is 0.00706. The monoisotopic (exact) mass is 455 g/mol. The van der Waals surface area contributed by atoms with Gasteiger partial charge in [0.25, 0.3) is 0 Å². The number of carbonyl (C=O) groups excluding carboxylic acids is 1. The number of nitrogens with zero attached hydrogens (tertiary/aromatic N) is 2. The van der Waals surface area contributed by atoms with Crippen molar-refractivity contribution >= 4 is 5.91 Å². The first-order chi connectivity index (χ1) is 16.6. The van der Waals surface area contributed by atoms with E-state index in [1.807, 2.05) is 96.7 Å². The minimum atomic E-state index is -0.0568. The number of aryl methyl sites for hydroxylation is 1. The highest BCUT2D eigenvalue weighted by Crippen LogP contribution is 2.35. The molecular weight excluding hydrogens is 426 g/mol. The zero-order valence-electron chi connectivity index (χ0n) is 19.7. The molecule has 0 spiro atoms. The Morgan fingerprint density at radius 1 is 0.971 bits per heavy atom. The average Bonchev–Trinajstić information content (AvgIpc) is 3.32. The Kier molecular flexibility index (Phi) is 7.28. The van der Waals surface area contributed by atoms with Gasteiger partial charge in [-0.05, 0) is 54.8 Å². The van der Waals surface area contributed by atoms with Crippen molar-refractivity contribution < 1.29 is 14.3 Å². The van der Waals surface area contributed by atoms with Gasteiger partial charge in [-0.2, -0.15) is 5.10 Å². The lowest BCUT2D eigenvalue weighted by molar-refractivity contribution is -0.121. The Morgan fingerprint density at radius 2 is 1.68 bits per heavy atom. The largest absolute Gasteiger partial charge is 0.497 e. The summed E-state index contributed by atoms with van der Waals surface area (Å²) in [7, 11) is 3.27. The van der Waals surface area contributed by atoms with E-state index >= 15 is 0 Å². The van der Waals surface area contributed by atoms with Gasteiger partial charge in [0, 0.05) is 18.2 Å². The summed E-state index contributed by atoms with van der Waals surface area (Å²) < 4.78 is 12.9. The summed E-state index contributed by atoms with van der Waals surface area (Å²) in [6, 6.07) is 25.4. The fourth-order valence-electron chi connectivity index (χ4n) is 3.92. The van der Waals surface area contributed by atoms with E-state index < -0.39 is 0 Å². The van der Waals surface area contributed by atoms with Gasteiger partial charge < -0.3 is 14.8 Å². The van der Waals surface area contributed by atoms with E-state index in [0.29, 0.717) is 24.3 Å². The Hall–Kier alpha value is -4.06. The van der Waals surface area contributed by atoms with Crippen LogP contribution >= 0.6 is 0 Å². The van der Waals surface area contributed by atoms with Gasteiger partial charge in [0.1, 0.15) is 11.5 Å². The molecule has 1 atom stereocenters. The van der Waals surface area contributed by atoms with Crippen molar-refractivity contribution in [3.63, 3.8) is 0 Å². The van der Waals surface area contributed by atoms with E-state index in [4.69, 9.17) is 14.6 Å². The summed E-state index contributed by atoms with van der Waals surface area (Å²) in [6.07, 6.45) is 2.87. The van der Waals surface area contributed by atoms with Gasteiger partial charge in [0.15, 0.2) is 0 Å². The van der Waals surface area contributed by atoms with Crippen molar-refractivity contribution in [1.82, 2.24) is 15.1 Å². The molecule has 0 unspecified atom stereocenters. The molecule has 0 radical (unpaired) electrons. The minimum Gasteiger partial charge on any atom is -0.497 e. The number of ether oxygens (including phenoxy) is 2. The van der Waals surface area contributed by atoms with Gasteiger partial charge in [-0.15, -0.1) is 0 Å². The number of amides is 1. The first-order valence-electron chi connectivity index (χ1n) is 11.3. The molecule has 0 saturated carbocycles. The third-order valence-corrected chi connectivity index (χ3v) is 5.77. The van der Waals surface area contributed by atoms with Crippen LogP contribution in [-0.2, 0) is 11.2 Å². The Balaban J connectivity index is 1.61. The highest BCUT2D eigenvalue weighted by Gasteiger charge is 2.18. The van der Waals surface area contributed by atoms with Gasteiger partial charge in [-0.1, -0.05) is 48.5 Å². The van der Waals surface area contributed by atoms with Crippen LogP contribution in [0, 0.1) is 0 Å². The quantitative estimate of drug-likeness (QED) is 0.369. The van der Waals surface area contributed by atoms with Crippen LogP contribution in [0.25, 0.3) is 16.9 Å². The van der Waals surface area contributed by atoms with E-state index in [2.05, 4.69) is 5.32 Å². The second-order valence-corrected chi connectivity index (χ2v) is 8.05. The predicted molar refractivity (Wildman–Crippen MR) is 133 cm³/mol. The molecule has 0 saturated heterocycles. The van der Waals surface area contributed by atoms with Crippen molar-refractivity contribution in [2.24, 2.45) is 0 Å². The zero-order chi connectivity index (χ0) is 23.9. The molecule has 3 aromatic carbocycles. The predicted octanol–water partition coefficient (Wildman–Crippen LogP) is 5.37. The second kappa shape index (κ2) is 10.7. The smallest absolute Gasteiger partial charge is 0.220 e. The molecule has 1 N–H and O–H groups in total. The van der Waals surface area contributed by atoms with E-state index in [1.54, 1.807) is 14.2 Å². The molecule has 0 aliphatic carbocycles. The van der Waals surface area contributed by atoms with Gasteiger partial charge in [-0.25, -0.2) is 4.68 Å². The summed E-state index contributed by atoms with van der Waals surface area (Å²) in [5.41, 5.74) is 4.57. The van der Waals surface area contributed by atoms with E-state index in [-0.39, 0.29) is 11.9 Å². The van der Waals surface area contributed by atoms with Crippen LogP contribution in [0.5, 0.6) is 11.5 Å². The lowest BCUT2D eigenvalue weighted by atomic mass is 10.0. The maximum absolute atomic E-state index is 12.8. The molecule has 34 heavy (non-hydrogen) atoms. The highest BCUT2D eigenvalue weighted by molar-refractivity contribution is 5.78. The van der Waals surface area contributed by atoms with E-state index in [0.717, 1.165) is 28.1 Å². The molecule has 6 nitrogen and oxygen atoms in total. The zero-order valence-corrected chi connectivity index (χ0v) is 19.7. The molecule has 1 amide bonds. The van der Waals surface area contributed by atoms with E-state index in [1.165, 1.54) is 0 Å². The number of para-hydroxylation sites is 1.